The van der Waals surface area contributed by atoms with Crippen LogP contribution in [-0.2, 0) is 0 Å². The van der Waals surface area contributed by atoms with E-state index in [1.54, 1.807) is 0 Å². The Balaban J connectivity index is 1.78. The maximum Gasteiger partial charge on any atom is 0.261 e. The highest BCUT2D eigenvalue weighted by Crippen LogP contribution is 2.36. The molecule has 0 spiro atoms. The van der Waals surface area contributed by atoms with Crippen LogP contribution in [0.5, 0.6) is 0 Å². The zero-order valence-corrected chi connectivity index (χ0v) is 15.3. The van der Waals surface area contributed by atoms with Gasteiger partial charge in [-0.2, -0.15) is 0 Å². The van der Waals surface area contributed by atoms with Gasteiger partial charge in [-0.25, -0.2) is 0 Å². The second kappa shape index (κ2) is 7.08. The molecule has 5 heteroatoms. The van der Waals surface area contributed by atoms with Gasteiger partial charge in [0.05, 0.1) is 0 Å². The molecule has 5 nitrogen and oxygen atoms in total. The van der Waals surface area contributed by atoms with E-state index in [2.05, 4.69) is 17.1 Å². The molecule has 0 saturated carbocycles. The van der Waals surface area contributed by atoms with E-state index in [1.165, 1.54) is 4.90 Å². The maximum absolute atomic E-state index is 13.0. The van der Waals surface area contributed by atoms with Gasteiger partial charge in [0.1, 0.15) is 0 Å². The van der Waals surface area contributed by atoms with Crippen molar-refractivity contribution in [3.8, 4) is 0 Å². The molecule has 1 fully saturated rings. The highest BCUT2D eigenvalue weighted by molar-refractivity contribution is 6.26. The summed E-state index contributed by atoms with van der Waals surface area (Å²) in [5.41, 5.74) is 2.43. The van der Waals surface area contributed by atoms with Crippen molar-refractivity contribution in [1.82, 2.24) is 10.2 Å². The number of nitrogens with one attached hydrogen (secondary N) is 1. The van der Waals surface area contributed by atoms with Gasteiger partial charge in [0.15, 0.2) is 0 Å². The van der Waals surface area contributed by atoms with E-state index in [0.29, 0.717) is 17.7 Å². The van der Waals surface area contributed by atoms with Crippen molar-refractivity contribution < 1.29 is 9.59 Å². The Bertz CT molecular complexity index is 833. The molecule has 2 heterocycles. The smallest absolute Gasteiger partial charge is 0.261 e. The van der Waals surface area contributed by atoms with Gasteiger partial charge < -0.3 is 10.2 Å². The minimum absolute atomic E-state index is 0.151. The van der Waals surface area contributed by atoms with E-state index < -0.39 is 0 Å². The van der Waals surface area contributed by atoms with Crippen molar-refractivity contribution >= 4 is 28.3 Å². The number of amides is 2. The van der Waals surface area contributed by atoms with E-state index >= 15 is 0 Å². The normalized spacial score (nSPS) is 17.3. The van der Waals surface area contributed by atoms with Crippen LogP contribution in [0, 0.1) is 0 Å². The molecule has 2 amide bonds. The van der Waals surface area contributed by atoms with Crippen LogP contribution in [0.4, 0.5) is 5.69 Å². The molecule has 0 aliphatic carbocycles. The minimum Gasteiger partial charge on any atom is -0.368 e. The van der Waals surface area contributed by atoms with Crippen molar-refractivity contribution in [2.75, 3.05) is 37.6 Å². The van der Waals surface area contributed by atoms with Gasteiger partial charge >= 0.3 is 0 Å². The predicted octanol–water partition coefficient (Wildman–Crippen LogP) is 3.04. The number of unbranched alkanes of at least 4 members (excludes halogenated alkanes) is 2. The predicted molar refractivity (Wildman–Crippen MR) is 104 cm³/mol. The lowest BCUT2D eigenvalue weighted by atomic mass is 9.92. The monoisotopic (exact) mass is 351 g/mol. The number of benzene rings is 2. The van der Waals surface area contributed by atoms with Crippen LogP contribution in [0.25, 0.3) is 10.8 Å². The number of piperazine rings is 1. The number of anilines is 1. The Kier molecular flexibility index (Phi) is 4.64. The zero-order valence-electron chi connectivity index (χ0n) is 15.3. The summed E-state index contributed by atoms with van der Waals surface area (Å²) in [4.78, 5) is 29.7. The molecule has 2 aromatic carbocycles. The maximum atomic E-state index is 13.0. The lowest BCUT2D eigenvalue weighted by molar-refractivity contribution is 0.0608. The molecule has 0 unspecified atom stereocenters. The fraction of sp³-hybridized carbons (Fsp3) is 0.429. The van der Waals surface area contributed by atoms with E-state index in [-0.39, 0.29) is 11.8 Å². The Hall–Kier alpha value is -2.40. The summed E-state index contributed by atoms with van der Waals surface area (Å²) in [5, 5.41) is 5.20. The average molecular weight is 351 g/mol. The summed E-state index contributed by atoms with van der Waals surface area (Å²) in [6.07, 6.45) is 2.95. The standard InChI is InChI=1S/C21H25N3O2/c1-2-3-4-12-24-20(25)16-7-5-6-15-18(23-13-10-22-11-14-23)9-8-17(19(15)16)21(24)26/h5-9,22H,2-4,10-14H2,1H3. The lowest BCUT2D eigenvalue weighted by Crippen LogP contribution is -2.44. The van der Waals surface area contributed by atoms with E-state index in [0.717, 1.165) is 61.9 Å². The summed E-state index contributed by atoms with van der Waals surface area (Å²) in [5.74, 6) is -0.302. The van der Waals surface area contributed by atoms with Gasteiger partial charge in [-0.05, 0) is 24.6 Å². The first kappa shape index (κ1) is 17.0. The molecule has 0 bridgehead atoms. The van der Waals surface area contributed by atoms with E-state index in [9.17, 15) is 9.59 Å². The Morgan fingerprint density at radius 2 is 1.69 bits per heavy atom. The van der Waals surface area contributed by atoms with Crippen molar-refractivity contribution in [3.05, 3.63) is 41.5 Å². The summed E-state index contributed by atoms with van der Waals surface area (Å²) in [6.45, 7) is 6.39. The molecule has 2 aromatic rings. The topological polar surface area (TPSA) is 52.7 Å². The highest BCUT2D eigenvalue weighted by atomic mass is 16.2. The molecule has 1 N–H and O–H groups in total. The van der Waals surface area contributed by atoms with Crippen LogP contribution in [0.2, 0.25) is 0 Å². The number of carbonyl (C=O) groups is 2. The molecular formula is C21H25N3O2. The molecule has 0 radical (unpaired) electrons. The third-order valence-electron chi connectivity index (χ3n) is 5.41. The zero-order chi connectivity index (χ0) is 18.1. The third-order valence-corrected chi connectivity index (χ3v) is 5.41. The molecule has 26 heavy (non-hydrogen) atoms. The Morgan fingerprint density at radius 1 is 0.962 bits per heavy atom. The molecule has 0 atom stereocenters. The molecule has 2 aliphatic rings. The second-order valence-electron chi connectivity index (χ2n) is 7.07. The van der Waals surface area contributed by atoms with Crippen LogP contribution >= 0.6 is 0 Å². The van der Waals surface area contributed by atoms with Crippen molar-refractivity contribution in [2.24, 2.45) is 0 Å². The molecular weight excluding hydrogens is 326 g/mol. The summed E-state index contributed by atoms with van der Waals surface area (Å²) in [6, 6.07) is 9.78. The van der Waals surface area contributed by atoms with Crippen LogP contribution < -0.4 is 10.2 Å². The number of carbonyl (C=O) groups excluding carboxylic acids is 2. The SMILES string of the molecule is CCCCCN1C(=O)c2cccc3c(N4CCNCC4)ccc(c23)C1=O. The van der Waals surface area contributed by atoms with Crippen molar-refractivity contribution in [3.63, 3.8) is 0 Å². The first-order chi connectivity index (χ1) is 12.7. The fourth-order valence-corrected chi connectivity index (χ4v) is 4.04. The Morgan fingerprint density at radius 3 is 2.42 bits per heavy atom. The van der Waals surface area contributed by atoms with Crippen LogP contribution in [0.15, 0.2) is 30.3 Å². The summed E-state index contributed by atoms with van der Waals surface area (Å²) >= 11 is 0. The number of hydrogen-bond donors (Lipinski definition) is 1. The van der Waals surface area contributed by atoms with E-state index in [1.807, 2.05) is 30.3 Å². The number of rotatable bonds is 5. The van der Waals surface area contributed by atoms with Gasteiger partial charge in [-0.15, -0.1) is 0 Å². The quantitative estimate of drug-likeness (QED) is 0.664. The number of imide groups is 1. The third kappa shape index (κ3) is 2.76. The van der Waals surface area contributed by atoms with Crippen LogP contribution in [-0.4, -0.2) is 49.4 Å². The van der Waals surface area contributed by atoms with Crippen molar-refractivity contribution in [2.45, 2.75) is 26.2 Å². The first-order valence-electron chi connectivity index (χ1n) is 9.60. The lowest BCUT2D eigenvalue weighted by Gasteiger charge is -2.32. The van der Waals surface area contributed by atoms with Crippen molar-refractivity contribution in [1.29, 1.82) is 0 Å². The van der Waals surface area contributed by atoms with Gasteiger partial charge in [-0.3, -0.25) is 14.5 Å². The van der Waals surface area contributed by atoms with Gasteiger partial charge in [0.25, 0.3) is 11.8 Å². The van der Waals surface area contributed by atoms with Crippen LogP contribution in [0.1, 0.15) is 46.9 Å². The molecule has 2 aliphatic heterocycles. The van der Waals surface area contributed by atoms with Gasteiger partial charge in [-0.1, -0.05) is 31.9 Å². The molecule has 4 rings (SSSR count). The average Bonchev–Trinajstić information content (AvgIpc) is 2.69. The van der Waals surface area contributed by atoms with Gasteiger partial charge in [0, 0.05) is 60.3 Å². The second-order valence-corrected chi connectivity index (χ2v) is 7.07. The Labute approximate surface area is 154 Å². The molecule has 136 valence electrons. The van der Waals surface area contributed by atoms with E-state index in [4.69, 9.17) is 0 Å². The summed E-state index contributed by atoms with van der Waals surface area (Å²) < 4.78 is 0. The number of nitrogens with zero attached hydrogens (tertiary/aromatic N) is 2. The van der Waals surface area contributed by atoms with Crippen LogP contribution in [0.3, 0.4) is 0 Å². The van der Waals surface area contributed by atoms with Gasteiger partial charge in [0.2, 0.25) is 0 Å². The largest absolute Gasteiger partial charge is 0.368 e. The number of hydrogen-bond acceptors (Lipinski definition) is 4. The first-order valence-corrected chi connectivity index (χ1v) is 9.60. The highest BCUT2D eigenvalue weighted by Gasteiger charge is 2.33. The molecule has 0 aromatic heterocycles. The minimum atomic E-state index is -0.151. The fourth-order valence-electron chi connectivity index (χ4n) is 4.04. The summed E-state index contributed by atoms with van der Waals surface area (Å²) in [7, 11) is 0. The molecule has 1 saturated heterocycles.